The second-order valence-corrected chi connectivity index (χ2v) is 3.93. The summed E-state index contributed by atoms with van der Waals surface area (Å²) in [7, 11) is 0. The molecule has 4 nitrogen and oxygen atoms in total. The largest absolute Gasteiger partial charge is 0.477 e. The molecule has 0 bridgehead atoms. The number of aromatic carboxylic acids is 1. The minimum absolute atomic E-state index is 0.0729. The first-order chi connectivity index (χ1) is 8.97. The van der Waals surface area contributed by atoms with Crippen molar-refractivity contribution in [1.82, 2.24) is 4.98 Å². The predicted octanol–water partition coefficient (Wildman–Crippen LogP) is 3.50. The average Bonchev–Trinajstić information content (AvgIpc) is 2.36. The molecule has 98 valence electrons. The molecule has 7 heteroatoms. The zero-order chi connectivity index (χ0) is 14.0. The third-order valence-corrected chi connectivity index (χ3v) is 2.36. The van der Waals surface area contributed by atoms with Crippen LogP contribution in [0.2, 0.25) is 5.02 Å². The molecular weight excluding hydrogens is 280 g/mol. The number of ether oxygens (including phenoxy) is 1. The highest BCUT2D eigenvalue weighted by Crippen LogP contribution is 2.26. The highest BCUT2D eigenvalue weighted by Gasteiger charge is 2.15. The van der Waals surface area contributed by atoms with Gasteiger partial charge in [0.2, 0.25) is 5.88 Å². The van der Waals surface area contributed by atoms with Crippen molar-refractivity contribution in [2.24, 2.45) is 0 Å². The summed E-state index contributed by atoms with van der Waals surface area (Å²) in [5, 5.41) is 9.07. The average molecular weight is 286 g/mol. The molecule has 0 saturated heterocycles. The molecule has 1 heterocycles. The number of nitrogens with zero attached hydrogens (tertiary/aromatic N) is 1. The normalized spacial score (nSPS) is 10.3. The summed E-state index contributed by atoms with van der Waals surface area (Å²) in [6.07, 6.45) is 1.18. The van der Waals surface area contributed by atoms with Gasteiger partial charge in [-0.3, -0.25) is 0 Å². The number of hydrogen-bond acceptors (Lipinski definition) is 3. The van der Waals surface area contributed by atoms with Crippen LogP contribution in [0.25, 0.3) is 0 Å². The second kappa shape index (κ2) is 5.19. The lowest BCUT2D eigenvalue weighted by Crippen LogP contribution is -2.02. The summed E-state index contributed by atoms with van der Waals surface area (Å²) in [6, 6.07) is 3.95. The molecule has 0 unspecified atom stereocenters. The summed E-state index contributed by atoms with van der Waals surface area (Å²) in [4.78, 5) is 14.7. The topological polar surface area (TPSA) is 59.4 Å². The smallest absolute Gasteiger partial charge is 0.341 e. The van der Waals surface area contributed by atoms with E-state index < -0.39 is 17.6 Å². The number of rotatable bonds is 3. The van der Waals surface area contributed by atoms with Crippen molar-refractivity contribution >= 4 is 17.6 Å². The van der Waals surface area contributed by atoms with Crippen molar-refractivity contribution in [3.63, 3.8) is 0 Å². The first-order valence-electron chi connectivity index (χ1n) is 4.99. The van der Waals surface area contributed by atoms with E-state index >= 15 is 0 Å². The zero-order valence-corrected chi connectivity index (χ0v) is 9.99. The monoisotopic (exact) mass is 285 g/mol. The summed E-state index contributed by atoms with van der Waals surface area (Å²) >= 11 is 5.62. The van der Waals surface area contributed by atoms with Crippen LogP contribution < -0.4 is 4.74 Å². The Morgan fingerprint density at radius 3 is 2.63 bits per heavy atom. The number of carboxylic acids is 1. The first-order valence-corrected chi connectivity index (χ1v) is 5.37. The maximum atomic E-state index is 13.0. The van der Waals surface area contributed by atoms with E-state index in [9.17, 15) is 13.6 Å². The van der Waals surface area contributed by atoms with Crippen LogP contribution in [0.15, 0.2) is 30.5 Å². The highest BCUT2D eigenvalue weighted by molar-refractivity contribution is 6.30. The Balaban J connectivity index is 2.37. The van der Waals surface area contributed by atoms with Gasteiger partial charge in [0.1, 0.15) is 11.3 Å². The maximum absolute atomic E-state index is 13.0. The molecule has 0 spiro atoms. The molecule has 2 aromatic rings. The quantitative estimate of drug-likeness (QED) is 0.937. The highest BCUT2D eigenvalue weighted by atomic mass is 35.5. The molecule has 0 saturated carbocycles. The Kier molecular flexibility index (Phi) is 3.62. The van der Waals surface area contributed by atoms with E-state index in [0.717, 1.165) is 24.3 Å². The van der Waals surface area contributed by atoms with Gasteiger partial charge in [0.05, 0.1) is 5.02 Å². The lowest BCUT2D eigenvalue weighted by molar-refractivity contribution is 0.0693. The third-order valence-electron chi connectivity index (χ3n) is 2.15. The molecule has 2 rings (SSSR count). The van der Waals surface area contributed by atoms with Gasteiger partial charge < -0.3 is 9.84 Å². The Morgan fingerprint density at radius 1 is 1.26 bits per heavy atom. The first kappa shape index (κ1) is 13.2. The molecule has 0 radical (unpaired) electrons. The number of carboxylic acid groups (broad SMARTS) is 1. The van der Waals surface area contributed by atoms with Crippen LogP contribution in [0.1, 0.15) is 10.4 Å². The Hall–Kier alpha value is -2.21. The minimum atomic E-state index is -1.30. The van der Waals surface area contributed by atoms with Crippen LogP contribution in [-0.4, -0.2) is 16.1 Å². The van der Waals surface area contributed by atoms with Crippen molar-refractivity contribution in [3.05, 3.63) is 52.7 Å². The summed E-state index contributed by atoms with van der Waals surface area (Å²) in [5.41, 5.74) is -0.280. The predicted molar refractivity (Wildman–Crippen MR) is 62.6 cm³/mol. The van der Waals surface area contributed by atoms with Crippen molar-refractivity contribution in [1.29, 1.82) is 0 Å². The standard InChI is InChI=1S/C12H6ClF2NO3/c13-6-3-8(12(17)18)11(16-5-6)19-7-1-2-9(14)10(15)4-7/h1-5H,(H,17,18). The molecule has 19 heavy (non-hydrogen) atoms. The van der Waals surface area contributed by atoms with Crippen molar-refractivity contribution in [2.45, 2.75) is 0 Å². The van der Waals surface area contributed by atoms with Crippen LogP contribution in [0.5, 0.6) is 11.6 Å². The van der Waals surface area contributed by atoms with Gasteiger partial charge in [-0.1, -0.05) is 11.6 Å². The van der Waals surface area contributed by atoms with Gasteiger partial charge >= 0.3 is 5.97 Å². The molecule has 0 amide bonds. The Morgan fingerprint density at radius 2 is 2.00 bits per heavy atom. The molecule has 0 aliphatic rings. The van der Waals surface area contributed by atoms with E-state index in [1.54, 1.807) is 0 Å². The molecular formula is C12H6ClF2NO3. The fourth-order valence-electron chi connectivity index (χ4n) is 1.31. The Bertz CT molecular complexity index is 649. The summed E-state index contributed by atoms with van der Waals surface area (Å²) in [6.45, 7) is 0. The molecule has 0 aliphatic carbocycles. The van der Waals surface area contributed by atoms with E-state index in [1.807, 2.05) is 0 Å². The van der Waals surface area contributed by atoms with E-state index in [-0.39, 0.29) is 22.2 Å². The molecule has 1 aromatic heterocycles. The lowest BCUT2D eigenvalue weighted by atomic mass is 10.2. The van der Waals surface area contributed by atoms with Crippen LogP contribution in [-0.2, 0) is 0 Å². The van der Waals surface area contributed by atoms with E-state index in [4.69, 9.17) is 21.4 Å². The number of pyridine rings is 1. The second-order valence-electron chi connectivity index (χ2n) is 3.49. The van der Waals surface area contributed by atoms with E-state index in [0.29, 0.717) is 0 Å². The maximum Gasteiger partial charge on any atom is 0.341 e. The fraction of sp³-hybridized carbons (Fsp3) is 0. The van der Waals surface area contributed by atoms with Gasteiger partial charge in [-0.2, -0.15) is 0 Å². The fourth-order valence-corrected chi connectivity index (χ4v) is 1.47. The number of carbonyl (C=O) groups is 1. The SMILES string of the molecule is O=C(O)c1cc(Cl)cnc1Oc1ccc(F)c(F)c1. The number of hydrogen-bond donors (Lipinski definition) is 1. The lowest BCUT2D eigenvalue weighted by Gasteiger charge is -2.07. The summed E-state index contributed by atoms with van der Waals surface area (Å²) in [5.74, 6) is -3.77. The molecule has 0 fully saturated rings. The van der Waals surface area contributed by atoms with Gasteiger partial charge in [0.15, 0.2) is 11.6 Å². The van der Waals surface area contributed by atoms with Gasteiger partial charge in [-0.15, -0.1) is 0 Å². The van der Waals surface area contributed by atoms with Crippen LogP contribution in [0.4, 0.5) is 8.78 Å². The van der Waals surface area contributed by atoms with Gasteiger partial charge in [-0.25, -0.2) is 18.6 Å². The third kappa shape index (κ3) is 2.97. The van der Waals surface area contributed by atoms with Gasteiger partial charge in [0, 0.05) is 12.3 Å². The molecule has 1 N–H and O–H groups in total. The minimum Gasteiger partial charge on any atom is -0.477 e. The van der Waals surface area contributed by atoms with E-state index in [1.165, 1.54) is 6.20 Å². The number of halogens is 3. The number of aromatic nitrogens is 1. The molecule has 0 aliphatic heterocycles. The number of benzene rings is 1. The van der Waals surface area contributed by atoms with Crippen LogP contribution >= 0.6 is 11.6 Å². The van der Waals surface area contributed by atoms with Gasteiger partial charge in [-0.05, 0) is 18.2 Å². The molecule has 0 atom stereocenters. The van der Waals surface area contributed by atoms with Gasteiger partial charge in [0.25, 0.3) is 0 Å². The van der Waals surface area contributed by atoms with Crippen molar-refractivity contribution < 1.29 is 23.4 Å². The summed E-state index contributed by atoms with van der Waals surface area (Å²) < 4.78 is 30.8. The Labute approximate surface area is 111 Å². The van der Waals surface area contributed by atoms with Crippen molar-refractivity contribution in [3.8, 4) is 11.6 Å². The molecule has 1 aromatic carbocycles. The van der Waals surface area contributed by atoms with Crippen LogP contribution in [0.3, 0.4) is 0 Å². The van der Waals surface area contributed by atoms with Crippen molar-refractivity contribution in [2.75, 3.05) is 0 Å². The van der Waals surface area contributed by atoms with E-state index in [2.05, 4.69) is 4.98 Å². The van der Waals surface area contributed by atoms with Crippen LogP contribution in [0, 0.1) is 11.6 Å². The zero-order valence-electron chi connectivity index (χ0n) is 9.23.